The zero-order valence-corrected chi connectivity index (χ0v) is 13.0. The van der Waals surface area contributed by atoms with E-state index in [1.165, 1.54) is 13.8 Å². The van der Waals surface area contributed by atoms with Gasteiger partial charge in [-0.3, -0.25) is 14.9 Å². The van der Waals surface area contributed by atoms with Gasteiger partial charge in [0.1, 0.15) is 5.41 Å². The average Bonchev–Trinajstić information content (AvgIpc) is 2.36. The van der Waals surface area contributed by atoms with E-state index in [0.717, 1.165) is 10.5 Å². The van der Waals surface area contributed by atoms with Crippen LogP contribution in [-0.4, -0.2) is 17.8 Å². The predicted octanol–water partition coefficient (Wildman–Crippen LogP) is 2.59. The van der Waals surface area contributed by atoms with Crippen LogP contribution < -0.4 is 10.2 Å². The Morgan fingerprint density at radius 3 is 2.00 bits per heavy atom. The van der Waals surface area contributed by atoms with Crippen LogP contribution in [0.15, 0.2) is 24.3 Å². The fraction of sp³-hybridized carbons (Fsp3) is 0.438. The van der Waals surface area contributed by atoms with Crippen molar-refractivity contribution in [2.24, 2.45) is 5.41 Å². The SMILES string of the molecule is CC1(C)C(=O)NC(=O)N(c2ccc(C(C)(C)C)cc2)C1=O. The first-order valence-electron chi connectivity index (χ1n) is 6.85. The first kappa shape index (κ1) is 15.2. The van der Waals surface area contributed by atoms with E-state index in [2.05, 4.69) is 26.1 Å². The molecule has 21 heavy (non-hydrogen) atoms. The highest BCUT2D eigenvalue weighted by Gasteiger charge is 2.47. The highest BCUT2D eigenvalue weighted by atomic mass is 16.2. The molecular formula is C16H20N2O3. The Morgan fingerprint density at radius 1 is 1.00 bits per heavy atom. The first-order chi connectivity index (χ1) is 9.55. The molecule has 1 heterocycles. The van der Waals surface area contributed by atoms with Crippen LogP contribution in [0.3, 0.4) is 0 Å². The Kier molecular flexibility index (Phi) is 3.40. The molecule has 0 unspecified atom stereocenters. The third kappa shape index (κ3) is 2.55. The van der Waals surface area contributed by atoms with E-state index in [4.69, 9.17) is 0 Å². The number of imide groups is 2. The lowest BCUT2D eigenvalue weighted by molar-refractivity contribution is -0.140. The monoisotopic (exact) mass is 288 g/mol. The van der Waals surface area contributed by atoms with Gasteiger partial charge in [0.2, 0.25) is 11.8 Å². The number of nitrogens with one attached hydrogen (secondary N) is 1. The van der Waals surface area contributed by atoms with Crippen LogP contribution in [0.25, 0.3) is 0 Å². The van der Waals surface area contributed by atoms with E-state index >= 15 is 0 Å². The van der Waals surface area contributed by atoms with Crippen LogP contribution in [0.4, 0.5) is 10.5 Å². The third-order valence-corrected chi connectivity index (χ3v) is 3.72. The van der Waals surface area contributed by atoms with Crippen LogP contribution in [0.1, 0.15) is 40.2 Å². The molecule has 0 saturated carbocycles. The van der Waals surface area contributed by atoms with Gasteiger partial charge in [-0.2, -0.15) is 0 Å². The molecule has 5 heteroatoms. The second kappa shape index (κ2) is 4.69. The second-order valence-electron chi connectivity index (χ2n) is 6.82. The Labute approximate surface area is 124 Å². The molecule has 1 aliphatic heterocycles. The van der Waals surface area contributed by atoms with Gasteiger partial charge in [0.15, 0.2) is 0 Å². The van der Waals surface area contributed by atoms with E-state index in [1.54, 1.807) is 12.1 Å². The Balaban J connectivity index is 2.39. The number of hydrogen-bond donors (Lipinski definition) is 1. The number of urea groups is 1. The minimum atomic E-state index is -1.25. The van der Waals surface area contributed by atoms with E-state index in [-0.39, 0.29) is 5.41 Å². The molecule has 1 N–H and O–H groups in total. The summed E-state index contributed by atoms with van der Waals surface area (Å²) in [5.41, 5.74) is 0.302. The lowest BCUT2D eigenvalue weighted by Crippen LogP contribution is -2.62. The summed E-state index contributed by atoms with van der Waals surface area (Å²) in [6.45, 7) is 9.27. The van der Waals surface area contributed by atoms with Gasteiger partial charge < -0.3 is 0 Å². The van der Waals surface area contributed by atoms with Gasteiger partial charge in [-0.25, -0.2) is 9.69 Å². The number of benzene rings is 1. The predicted molar refractivity (Wildman–Crippen MR) is 79.9 cm³/mol. The molecule has 0 aliphatic carbocycles. The fourth-order valence-corrected chi connectivity index (χ4v) is 2.12. The average molecular weight is 288 g/mol. The smallest absolute Gasteiger partial charge is 0.276 e. The quantitative estimate of drug-likeness (QED) is 0.808. The van der Waals surface area contributed by atoms with Crippen LogP contribution in [0, 0.1) is 5.41 Å². The van der Waals surface area contributed by atoms with Crippen molar-refractivity contribution in [3.63, 3.8) is 0 Å². The van der Waals surface area contributed by atoms with Crippen molar-refractivity contribution in [1.29, 1.82) is 0 Å². The van der Waals surface area contributed by atoms with Gasteiger partial charge in [0.05, 0.1) is 5.69 Å². The highest BCUT2D eigenvalue weighted by Crippen LogP contribution is 2.30. The Hall–Kier alpha value is -2.17. The summed E-state index contributed by atoms with van der Waals surface area (Å²) in [5.74, 6) is -1.08. The number of barbiturate groups is 1. The fourth-order valence-electron chi connectivity index (χ4n) is 2.12. The number of rotatable bonds is 1. The minimum Gasteiger partial charge on any atom is -0.276 e. The van der Waals surface area contributed by atoms with Gasteiger partial charge >= 0.3 is 6.03 Å². The molecule has 4 amide bonds. The number of anilines is 1. The topological polar surface area (TPSA) is 66.5 Å². The van der Waals surface area contributed by atoms with Crippen molar-refractivity contribution >= 4 is 23.5 Å². The molecule has 1 aromatic carbocycles. The molecule has 1 aromatic rings. The molecule has 0 spiro atoms. The zero-order chi connectivity index (χ0) is 16.0. The minimum absolute atomic E-state index is 0.0120. The zero-order valence-electron chi connectivity index (χ0n) is 13.0. The Morgan fingerprint density at radius 2 is 1.52 bits per heavy atom. The summed E-state index contributed by atoms with van der Waals surface area (Å²) in [7, 11) is 0. The number of nitrogens with zero attached hydrogens (tertiary/aromatic N) is 1. The van der Waals surface area contributed by atoms with Crippen LogP contribution in [-0.2, 0) is 15.0 Å². The summed E-state index contributed by atoms with van der Waals surface area (Å²) in [5, 5.41) is 2.22. The number of carbonyl (C=O) groups is 3. The van der Waals surface area contributed by atoms with Crippen LogP contribution in [0.5, 0.6) is 0 Å². The summed E-state index contributed by atoms with van der Waals surface area (Å²) in [6.07, 6.45) is 0. The summed E-state index contributed by atoms with van der Waals surface area (Å²) >= 11 is 0. The van der Waals surface area contributed by atoms with E-state index in [9.17, 15) is 14.4 Å². The molecule has 0 radical (unpaired) electrons. The molecule has 2 rings (SSSR count). The molecule has 112 valence electrons. The van der Waals surface area contributed by atoms with Crippen LogP contribution in [0.2, 0.25) is 0 Å². The second-order valence-corrected chi connectivity index (χ2v) is 6.82. The van der Waals surface area contributed by atoms with Gasteiger partial charge in [-0.1, -0.05) is 32.9 Å². The number of amides is 4. The van der Waals surface area contributed by atoms with Gasteiger partial charge in [-0.05, 0) is 37.0 Å². The van der Waals surface area contributed by atoms with E-state index < -0.39 is 23.3 Å². The summed E-state index contributed by atoms with van der Waals surface area (Å²) in [6, 6.07) is 6.53. The largest absolute Gasteiger partial charge is 0.335 e. The molecule has 0 atom stereocenters. The third-order valence-electron chi connectivity index (χ3n) is 3.72. The maximum Gasteiger partial charge on any atom is 0.335 e. The van der Waals surface area contributed by atoms with Crippen molar-refractivity contribution < 1.29 is 14.4 Å². The first-order valence-corrected chi connectivity index (χ1v) is 6.85. The molecular weight excluding hydrogens is 268 g/mol. The molecule has 0 bridgehead atoms. The summed E-state index contributed by atoms with van der Waals surface area (Å²) in [4.78, 5) is 37.1. The normalized spacial score (nSPS) is 18.7. The van der Waals surface area contributed by atoms with Gasteiger partial charge in [0, 0.05) is 0 Å². The van der Waals surface area contributed by atoms with Crippen LogP contribution >= 0.6 is 0 Å². The van der Waals surface area contributed by atoms with Crippen molar-refractivity contribution in [2.75, 3.05) is 4.90 Å². The lowest BCUT2D eigenvalue weighted by Gasteiger charge is -2.34. The van der Waals surface area contributed by atoms with Crippen molar-refractivity contribution in [1.82, 2.24) is 5.32 Å². The molecule has 1 saturated heterocycles. The molecule has 5 nitrogen and oxygen atoms in total. The highest BCUT2D eigenvalue weighted by molar-refractivity contribution is 6.29. The Bertz CT molecular complexity index is 609. The van der Waals surface area contributed by atoms with E-state index in [0.29, 0.717) is 5.69 Å². The maximum atomic E-state index is 12.4. The standard InChI is InChI=1S/C16H20N2O3/c1-15(2,3)10-6-8-11(9-7-10)18-13(20)16(4,5)12(19)17-14(18)21/h6-9H,1-5H3,(H,17,19,21). The van der Waals surface area contributed by atoms with E-state index in [1.807, 2.05) is 12.1 Å². The molecule has 1 fully saturated rings. The van der Waals surface area contributed by atoms with Gasteiger partial charge in [0.25, 0.3) is 0 Å². The maximum absolute atomic E-state index is 12.4. The number of hydrogen-bond acceptors (Lipinski definition) is 3. The van der Waals surface area contributed by atoms with Crippen molar-refractivity contribution in [3.8, 4) is 0 Å². The molecule has 0 aromatic heterocycles. The number of carbonyl (C=O) groups excluding carboxylic acids is 3. The molecule has 1 aliphatic rings. The van der Waals surface area contributed by atoms with Crippen molar-refractivity contribution in [3.05, 3.63) is 29.8 Å². The van der Waals surface area contributed by atoms with Gasteiger partial charge in [-0.15, -0.1) is 0 Å². The summed E-state index contributed by atoms with van der Waals surface area (Å²) < 4.78 is 0. The lowest BCUT2D eigenvalue weighted by atomic mass is 9.86. The van der Waals surface area contributed by atoms with Crippen molar-refractivity contribution in [2.45, 2.75) is 40.0 Å².